The summed E-state index contributed by atoms with van der Waals surface area (Å²) in [6.45, 7) is 5.29. The first-order chi connectivity index (χ1) is 11.9. The number of para-hydroxylation sites is 1. The molecule has 8 heteroatoms. The van der Waals surface area contributed by atoms with Crippen LogP contribution in [0.2, 0.25) is 5.15 Å². The molecular formula is C17H18ClN5O2. The fourth-order valence-electron chi connectivity index (χ4n) is 2.53. The number of hydrogen-bond acceptors (Lipinski definition) is 4. The van der Waals surface area contributed by atoms with Gasteiger partial charge in [-0.1, -0.05) is 36.7 Å². The standard InChI is InChI=1S/C17H18ClN5O2/c1-4-17(3)15(24)23(16(25)20-17)19-10-13-11(2)21-22(14(13)18)12-8-6-5-7-9-12/h5-10H,4H2,1-3H3,(H,20,25)/b19-10-/t17-/m1/s1. The Morgan fingerprint density at radius 2 is 2.00 bits per heavy atom. The number of benzene rings is 1. The van der Waals surface area contributed by atoms with E-state index < -0.39 is 11.6 Å². The normalized spacial score (nSPS) is 20.6. The van der Waals surface area contributed by atoms with Gasteiger partial charge in [0.1, 0.15) is 10.7 Å². The van der Waals surface area contributed by atoms with Gasteiger partial charge in [0.2, 0.25) is 0 Å². The summed E-state index contributed by atoms with van der Waals surface area (Å²) in [5, 5.41) is 12.3. The zero-order valence-electron chi connectivity index (χ0n) is 14.2. The molecule has 1 aromatic heterocycles. The van der Waals surface area contributed by atoms with E-state index in [2.05, 4.69) is 15.5 Å². The van der Waals surface area contributed by atoms with Crippen molar-refractivity contribution < 1.29 is 9.59 Å². The fourth-order valence-corrected chi connectivity index (χ4v) is 2.85. The molecule has 1 atom stereocenters. The summed E-state index contributed by atoms with van der Waals surface area (Å²) in [6, 6.07) is 8.88. The molecule has 1 fully saturated rings. The second-order valence-corrected chi connectivity index (χ2v) is 6.37. The van der Waals surface area contributed by atoms with E-state index in [-0.39, 0.29) is 5.91 Å². The Bertz CT molecular complexity index is 861. The van der Waals surface area contributed by atoms with Crippen LogP contribution in [0.1, 0.15) is 31.5 Å². The molecule has 1 aromatic carbocycles. The zero-order chi connectivity index (χ0) is 18.2. The summed E-state index contributed by atoms with van der Waals surface area (Å²) in [4.78, 5) is 24.4. The molecule has 1 N–H and O–H groups in total. The summed E-state index contributed by atoms with van der Waals surface area (Å²) < 4.78 is 1.58. The van der Waals surface area contributed by atoms with Crippen LogP contribution in [0.3, 0.4) is 0 Å². The third-order valence-corrected chi connectivity index (χ3v) is 4.66. The highest BCUT2D eigenvalue weighted by Crippen LogP contribution is 2.24. The highest BCUT2D eigenvalue weighted by atomic mass is 35.5. The molecule has 2 heterocycles. The Labute approximate surface area is 150 Å². The predicted molar refractivity (Wildman–Crippen MR) is 95.0 cm³/mol. The molecule has 0 radical (unpaired) electrons. The molecule has 7 nitrogen and oxygen atoms in total. The van der Waals surface area contributed by atoms with Gasteiger partial charge in [-0.3, -0.25) is 4.79 Å². The lowest BCUT2D eigenvalue weighted by Gasteiger charge is -2.17. The minimum Gasteiger partial charge on any atom is -0.322 e. The molecule has 1 aliphatic rings. The maximum Gasteiger partial charge on any atom is 0.346 e. The molecule has 0 spiro atoms. The van der Waals surface area contributed by atoms with Gasteiger partial charge in [0.15, 0.2) is 0 Å². The molecular weight excluding hydrogens is 342 g/mol. The molecule has 25 heavy (non-hydrogen) atoms. The first-order valence-electron chi connectivity index (χ1n) is 7.88. The number of carbonyl (C=O) groups excluding carboxylic acids is 2. The lowest BCUT2D eigenvalue weighted by molar-refractivity contribution is -0.130. The maximum absolute atomic E-state index is 12.4. The zero-order valence-corrected chi connectivity index (χ0v) is 14.9. The highest BCUT2D eigenvalue weighted by molar-refractivity contribution is 6.32. The van der Waals surface area contributed by atoms with Crippen LogP contribution in [0, 0.1) is 6.92 Å². The van der Waals surface area contributed by atoms with Gasteiger partial charge in [-0.15, -0.1) is 5.01 Å². The molecule has 0 saturated carbocycles. The van der Waals surface area contributed by atoms with Crippen LogP contribution in [0.25, 0.3) is 5.69 Å². The van der Waals surface area contributed by atoms with E-state index in [1.54, 1.807) is 18.5 Å². The van der Waals surface area contributed by atoms with Crippen LogP contribution in [-0.4, -0.2) is 38.5 Å². The van der Waals surface area contributed by atoms with Crippen molar-refractivity contribution in [3.05, 3.63) is 46.7 Å². The Morgan fingerprint density at radius 3 is 2.60 bits per heavy atom. The second-order valence-electron chi connectivity index (χ2n) is 6.01. The Morgan fingerprint density at radius 1 is 1.32 bits per heavy atom. The van der Waals surface area contributed by atoms with Crippen LogP contribution < -0.4 is 5.32 Å². The molecule has 0 bridgehead atoms. The number of nitrogens with zero attached hydrogens (tertiary/aromatic N) is 4. The first kappa shape index (κ1) is 17.2. The summed E-state index contributed by atoms with van der Waals surface area (Å²) in [5.41, 5.74) is 1.07. The van der Waals surface area contributed by atoms with Gasteiger partial charge in [-0.05, 0) is 32.4 Å². The molecule has 0 unspecified atom stereocenters. The molecule has 3 amide bonds. The van der Waals surface area contributed by atoms with Gasteiger partial charge < -0.3 is 5.32 Å². The Balaban J connectivity index is 1.92. The predicted octanol–water partition coefficient (Wildman–Crippen LogP) is 2.89. The number of hydrazone groups is 1. The SMILES string of the molecule is CC[C@@]1(C)NC(=O)N(/N=C\c2c(C)nn(-c3ccccc3)c2Cl)C1=O. The highest BCUT2D eigenvalue weighted by Gasteiger charge is 2.46. The van der Waals surface area contributed by atoms with Gasteiger partial charge in [0.25, 0.3) is 5.91 Å². The number of aryl methyl sites for hydroxylation is 1. The monoisotopic (exact) mass is 359 g/mol. The summed E-state index contributed by atoms with van der Waals surface area (Å²) >= 11 is 6.41. The van der Waals surface area contributed by atoms with E-state index >= 15 is 0 Å². The number of nitrogens with one attached hydrogen (secondary N) is 1. The second kappa shape index (κ2) is 6.33. The van der Waals surface area contributed by atoms with E-state index in [0.717, 1.165) is 10.7 Å². The van der Waals surface area contributed by atoms with Gasteiger partial charge in [0, 0.05) is 0 Å². The number of amides is 3. The third-order valence-electron chi connectivity index (χ3n) is 4.30. The summed E-state index contributed by atoms with van der Waals surface area (Å²) in [5.74, 6) is -0.388. The van der Waals surface area contributed by atoms with Crippen molar-refractivity contribution in [2.24, 2.45) is 5.10 Å². The van der Waals surface area contributed by atoms with E-state index in [1.165, 1.54) is 6.21 Å². The number of urea groups is 1. The Kier molecular flexibility index (Phi) is 4.34. The number of imide groups is 1. The number of aromatic nitrogens is 2. The molecule has 1 aliphatic heterocycles. The maximum atomic E-state index is 12.4. The number of carbonyl (C=O) groups is 2. The summed E-state index contributed by atoms with van der Waals surface area (Å²) in [6.07, 6.45) is 1.87. The molecule has 2 aromatic rings. The van der Waals surface area contributed by atoms with Crippen LogP contribution in [0.4, 0.5) is 4.79 Å². The lowest BCUT2D eigenvalue weighted by Crippen LogP contribution is -2.42. The van der Waals surface area contributed by atoms with Crippen molar-refractivity contribution in [2.75, 3.05) is 0 Å². The lowest BCUT2D eigenvalue weighted by atomic mass is 10.00. The molecule has 1 saturated heterocycles. The molecule has 130 valence electrons. The van der Waals surface area contributed by atoms with E-state index in [0.29, 0.717) is 22.8 Å². The summed E-state index contributed by atoms with van der Waals surface area (Å²) in [7, 11) is 0. The van der Waals surface area contributed by atoms with Crippen molar-refractivity contribution in [3.63, 3.8) is 0 Å². The van der Waals surface area contributed by atoms with Crippen molar-refractivity contribution >= 4 is 29.8 Å². The van der Waals surface area contributed by atoms with Crippen molar-refractivity contribution in [1.29, 1.82) is 0 Å². The van der Waals surface area contributed by atoms with Crippen molar-refractivity contribution in [2.45, 2.75) is 32.7 Å². The van der Waals surface area contributed by atoms with E-state index in [9.17, 15) is 9.59 Å². The number of rotatable bonds is 4. The van der Waals surface area contributed by atoms with Crippen LogP contribution in [0.5, 0.6) is 0 Å². The topological polar surface area (TPSA) is 79.6 Å². The van der Waals surface area contributed by atoms with Gasteiger partial charge in [-0.25, -0.2) is 9.48 Å². The van der Waals surface area contributed by atoms with Crippen LogP contribution in [0.15, 0.2) is 35.4 Å². The van der Waals surface area contributed by atoms with Gasteiger partial charge in [-0.2, -0.15) is 10.2 Å². The van der Waals surface area contributed by atoms with E-state index in [1.807, 2.05) is 37.3 Å². The smallest absolute Gasteiger partial charge is 0.322 e. The molecule has 0 aliphatic carbocycles. The average Bonchev–Trinajstić information content (AvgIpc) is 3.01. The quantitative estimate of drug-likeness (QED) is 0.673. The largest absolute Gasteiger partial charge is 0.346 e. The minimum atomic E-state index is -0.929. The molecule has 3 rings (SSSR count). The average molecular weight is 360 g/mol. The van der Waals surface area contributed by atoms with Crippen molar-refractivity contribution in [3.8, 4) is 5.69 Å². The first-order valence-corrected chi connectivity index (χ1v) is 8.26. The van der Waals surface area contributed by atoms with E-state index in [4.69, 9.17) is 11.6 Å². The van der Waals surface area contributed by atoms with Gasteiger partial charge >= 0.3 is 6.03 Å². The third kappa shape index (κ3) is 2.91. The van der Waals surface area contributed by atoms with Crippen molar-refractivity contribution in [1.82, 2.24) is 20.1 Å². The van der Waals surface area contributed by atoms with Gasteiger partial charge in [0.05, 0.1) is 23.2 Å². The number of hydrogen-bond donors (Lipinski definition) is 1. The van der Waals surface area contributed by atoms with Crippen LogP contribution in [-0.2, 0) is 4.79 Å². The number of halogens is 1. The Hall–Kier alpha value is -2.67. The van der Waals surface area contributed by atoms with Crippen LogP contribution >= 0.6 is 11.6 Å². The minimum absolute atomic E-state index is 0.359. The fraction of sp³-hybridized carbons (Fsp3) is 0.294.